The number of fused-ring (bicyclic) bond motifs is 1. The maximum absolute atomic E-state index is 13.1. The van der Waals surface area contributed by atoms with E-state index in [1.165, 1.54) is 29.2 Å². The Bertz CT molecular complexity index is 1390. The predicted molar refractivity (Wildman–Crippen MR) is 128 cm³/mol. The Hall–Kier alpha value is -4.98. The number of hydrogen-bond acceptors (Lipinski definition) is 9. The average Bonchev–Trinajstić information content (AvgIpc) is 3.25. The summed E-state index contributed by atoms with van der Waals surface area (Å²) in [6.07, 6.45) is 0.732. The minimum Gasteiger partial charge on any atom is -0.466 e. The third-order valence-corrected chi connectivity index (χ3v) is 6.29. The molecule has 2 unspecified atom stereocenters. The molecule has 11 heteroatoms. The molecule has 2 aliphatic rings. The number of nitrogens with one attached hydrogen (secondary N) is 1. The summed E-state index contributed by atoms with van der Waals surface area (Å²) in [6.45, 7) is 0. The number of amides is 1. The molecule has 0 saturated carbocycles. The molecular formula is C26H22N4O7. The maximum atomic E-state index is 13.1. The Labute approximate surface area is 211 Å². The molecule has 1 saturated heterocycles. The third-order valence-electron chi connectivity index (χ3n) is 6.29. The van der Waals surface area contributed by atoms with Gasteiger partial charge in [0, 0.05) is 12.1 Å². The van der Waals surface area contributed by atoms with E-state index in [-0.39, 0.29) is 40.3 Å². The lowest BCUT2D eigenvalue weighted by Gasteiger charge is -2.35. The van der Waals surface area contributed by atoms with Crippen molar-refractivity contribution in [3.05, 3.63) is 98.5 Å². The number of rotatable bonds is 7. The van der Waals surface area contributed by atoms with E-state index in [1.54, 1.807) is 0 Å². The number of esters is 2. The number of allylic oxidation sites excluding steroid dienone is 1. The van der Waals surface area contributed by atoms with E-state index in [0.717, 1.165) is 19.8 Å². The number of benzene rings is 2. The number of nitrogens with zero attached hydrogens (tertiary/aromatic N) is 3. The molecule has 11 nitrogen and oxygen atoms in total. The zero-order valence-electron chi connectivity index (χ0n) is 20.0. The highest BCUT2D eigenvalue weighted by Crippen LogP contribution is 2.45. The van der Waals surface area contributed by atoms with Crippen molar-refractivity contribution in [3.8, 4) is 6.07 Å². The molecule has 2 heterocycles. The van der Waals surface area contributed by atoms with E-state index < -0.39 is 34.7 Å². The Morgan fingerprint density at radius 1 is 1.11 bits per heavy atom. The van der Waals surface area contributed by atoms with Gasteiger partial charge in [-0.25, -0.2) is 9.59 Å². The van der Waals surface area contributed by atoms with E-state index in [2.05, 4.69) is 5.32 Å². The quantitative estimate of drug-likeness (QED) is 0.342. The van der Waals surface area contributed by atoms with Crippen molar-refractivity contribution in [2.24, 2.45) is 0 Å². The third kappa shape index (κ3) is 4.52. The van der Waals surface area contributed by atoms with Gasteiger partial charge in [0.15, 0.2) is 0 Å². The molecule has 1 fully saturated rings. The van der Waals surface area contributed by atoms with Crippen LogP contribution in [0.1, 0.15) is 23.5 Å². The summed E-state index contributed by atoms with van der Waals surface area (Å²) in [6, 6.07) is 15.9. The molecular weight excluding hydrogens is 480 g/mol. The van der Waals surface area contributed by atoms with Crippen LogP contribution in [-0.4, -0.2) is 47.9 Å². The van der Waals surface area contributed by atoms with Gasteiger partial charge in [0.25, 0.3) is 5.69 Å². The van der Waals surface area contributed by atoms with Crippen LogP contribution in [0.5, 0.6) is 0 Å². The lowest BCUT2D eigenvalue weighted by Crippen LogP contribution is -2.41. The van der Waals surface area contributed by atoms with Crippen LogP contribution in [0, 0.1) is 21.4 Å². The minimum atomic E-state index is -1.23. The second kappa shape index (κ2) is 10.3. The number of aryl methyl sites for hydroxylation is 1. The highest BCUT2D eigenvalue weighted by Gasteiger charge is 2.50. The summed E-state index contributed by atoms with van der Waals surface area (Å²) in [5.74, 6) is -3.54. The van der Waals surface area contributed by atoms with Crippen LogP contribution in [-0.2, 0) is 30.3 Å². The molecule has 0 aromatic heterocycles. The second-order valence-corrected chi connectivity index (χ2v) is 8.30. The summed E-state index contributed by atoms with van der Waals surface area (Å²) in [7, 11) is 2.24. The summed E-state index contributed by atoms with van der Waals surface area (Å²) in [5, 5.41) is 24.3. The van der Waals surface area contributed by atoms with Gasteiger partial charge in [-0.2, -0.15) is 5.26 Å². The zero-order chi connectivity index (χ0) is 26.7. The second-order valence-electron chi connectivity index (χ2n) is 8.30. The molecule has 2 aliphatic heterocycles. The minimum absolute atomic E-state index is 0.0233. The van der Waals surface area contributed by atoms with Gasteiger partial charge in [-0.1, -0.05) is 42.5 Å². The number of nitro benzene ring substituents is 1. The first-order valence-electron chi connectivity index (χ1n) is 11.3. The largest absolute Gasteiger partial charge is 0.466 e. The van der Waals surface area contributed by atoms with Crippen molar-refractivity contribution in [2.45, 2.75) is 24.8 Å². The molecule has 2 atom stereocenters. The molecule has 1 amide bonds. The van der Waals surface area contributed by atoms with E-state index in [4.69, 9.17) is 9.47 Å². The molecule has 2 aromatic rings. The Kier molecular flexibility index (Phi) is 7.01. The summed E-state index contributed by atoms with van der Waals surface area (Å²) in [5.41, 5.74) is 0.289. The first-order valence-corrected chi connectivity index (χ1v) is 11.3. The van der Waals surface area contributed by atoms with Gasteiger partial charge < -0.3 is 19.7 Å². The van der Waals surface area contributed by atoms with Crippen LogP contribution in [0.25, 0.3) is 0 Å². The van der Waals surface area contributed by atoms with Crippen molar-refractivity contribution in [1.82, 2.24) is 10.2 Å². The van der Waals surface area contributed by atoms with Gasteiger partial charge in [-0.3, -0.25) is 14.9 Å². The number of hydrogen-bond donors (Lipinski definition) is 1. The zero-order valence-corrected chi connectivity index (χ0v) is 20.0. The SMILES string of the molecule is COC(=O)C1=C(C(=O)OC)N2C(=C(C#N)C1c1cccc([N+](=O)[O-])c1)NC(=O)C2CCc1ccccc1. The fourth-order valence-electron chi connectivity index (χ4n) is 4.65. The van der Waals surface area contributed by atoms with Gasteiger partial charge in [0.1, 0.15) is 17.6 Å². The van der Waals surface area contributed by atoms with E-state index in [0.29, 0.717) is 6.42 Å². The highest BCUT2D eigenvalue weighted by molar-refractivity contribution is 6.04. The molecule has 0 aliphatic carbocycles. The molecule has 2 aromatic carbocycles. The summed E-state index contributed by atoms with van der Waals surface area (Å²) < 4.78 is 9.96. The predicted octanol–water partition coefficient (Wildman–Crippen LogP) is 2.46. The summed E-state index contributed by atoms with van der Waals surface area (Å²) in [4.78, 5) is 51.5. The van der Waals surface area contributed by atoms with Crippen molar-refractivity contribution in [2.75, 3.05) is 14.2 Å². The normalized spacial score (nSPS) is 18.6. The van der Waals surface area contributed by atoms with E-state index in [9.17, 15) is 29.8 Å². The van der Waals surface area contributed by atoms with Gasteiger partial charge >= 0.3 is 11.9 Å². The van der Waals surface area contributed by atoms with Crippen LogP contribution < -0.4 is 5.32 Å². The van der Waals surface area contributed by atoms with Gasteiger partial charge in [-0.15, -0.1) is 0 Å². The van der Waals surface area contributed by atoms with Crippen molar-refractivity contribution in [1.29, 1.82) is 5.26 Å². The van der Waals surface area contributed by atoms with Crippen molar-refractivity contribution >= 4 is 23.5 Å². The number of methoxy groups -OCH3 is 2. The molecule has 0 spiro atoms. The topological polar surface area (TPSA) is 152 Å². The molecule has 188 valence electrons. The van der Waals surface area contributed by atoms with Crippen LogP contribution in [0.2, 0.25) is 0 Å². The van der Waals surface area contributed by atoms with Crippen LogP contribution in [0.15, 0.2) is 77.3 Å². The average molecular weight is 502 g/mol. The Morgan fingerprint density at radius 2 is 1.81 bits per heavy atom. The van der Waals surface area contributed by atoms with E-state index >= 15 is 0 Å². The highest BCUT2D eigenvalue weighted by atomic mass is 16.6. The van der Waals surface area contributed by atoms with Gasteiger partial charge in [-0.05, 0) is 24.0 Å². The number of carbonyl (C=O) groups excluding carboxylic acids is 3. The lowest BCUT2D eigenvalue weighted by atomic mass is 9.80. The standard InChI is InChI=1S/C26H22N4O7/c1-36-25(32)21-20(16-9-6-10-17(13-16)30(34)35)18(14-27)23-28-24(31)19(29(23)22(21)26(33)37-2)12-11-15-7-4-3-5-8-15/h3-10,13,19-20H,11-12H2,1-2H3,(H,28,31). The number of nitriles is 1. The Morgan fingerprint density at radius 3 is 2.43 bits per heavy atom. The van der Waals surface area contributed by atoms with Crippen LogP contribution in [0.4, 0.5) is 5.69 Å². The Balaban J connectivity index is 1.93. The molecule has 0 radical (unpaired) electrons. The number of non-ortho nitro benzene ring substituents is 1. The van der Waals surface area contributed by atoms with Crippen LogP contribution >= 0.6 is 0 Å². The monoisotopic (exact) mass is 502 g/mol. The number of carbonyl (C=O) groups is 3. The maximum Gasteiger partial charge on any atom is 0.355 e. The lowest BCUT2D eigenvalue weighted by molar-refractivity contribution is -0.384. The molecule has 0 bridgehead atoms. The van der Waals surface area contributed by atoms with E-state index in [1.807, 2.05) is 36.4 Å². The molecule has 37 heavy (non-hydrogen) atoms. The fourth-order valence-corrected chi connectivity index (χ4v) is 4.65. The van der Waals surface area contributed by atoms with Crippen LogP contribution in [0.3, 0.4) is 0 Å². The van der Waals surface area contributed by atoms with Gasteiger partial charge in [0.05, 0.1) is 42.3 Å². The summed E-state index contributed by atoms with van der Waals surface area (Å²) >= 11 is 0. The van der Waals surface area contributed by atoms with Crippen molar-refractivity contribution in [3.63, 3.8) is 0 Å². The molecule has 4 rings (SSSR count). The fraction of sp³-hybridized carbons (Fsp3) is 0.231. The smallest absolute Gasteiger partial charge is 0.355 e. The van der Waals surface area contributed by atoms with Gasteiger partial charge in [0.2, 0.25) is 5.91 Å². The first kappa shape index (κ1) is 25.1. The number of nitro groups is 1. The first-order chi connectivity index (χ1) is 17.8. The van der Waals surface area contributed by atoms with Crippen molar-refractivity contribution < 1.29 is 28.8 Å². The number of ether oxygens (including phenoxy) is 2. The molecule has 1 N–H and O–H groups in total.